The zero-order valence-corrected chi connectivity index (χ0v) is 8.35. The molecule has 1 fully saturated rings. The summed E-state index contributed by atoms with van der Waals surface area (Å²) in [6.07, 6.45) is 4.48. The first kappa shape index (κ1) is 8.80. The van der Waals surface area contributed by atoms with Gasteiger partial charge in [0.25, 0.3) is 0 Å². The van der Waals surface area contributed by atoms with Crippen LogP contribution >= 0.6 is 0 Å². The molecule has 15 heavy (non-hydrogen) atoms. The highest BCUT2D eigenvalue weighted by Crippen LogP contribution is 2.40. The molecule has 1 aliphatic rings. The van der Waals surface area contributed by atoms with Gasteiger partial charge in [-0.1, -0.05) is 0 Å². The maximum Gasteiger partial charge on any atom is 0.159 e. The maximum atomic E-state index is 8.96. The molecule has 1 saturated carbocycles. The van der Waals surface area contributed by atoms with Gasteiger partial charge >= 0.3 is 0 Å². The molecule has 0 unspecified atom stereocenters. The Labute approximate surface area is 87.8 Å². The van der Waals surface area contributed by atoms with E-state index in [1.807, 2.05) is 18.3 Å². The van der Waals surface area contributed by atoms with Crippen LogP contribution in [0, 0.1) is 0 Å². The first-order chi connectivity index (χ1) is 7.36. The number of fused-ring (bicyclic) bond motifs is 1. The lowest BCUT2D eigenvalue weighted by molar-refractivity contribution is 0.277. The minimum absolute atomic E-state index is 0.0258. The highest BCUT2D eigenvalue weighted by Gasteiger charge is 2.23. The Kier molecular flexibility index (Phi) is 1.92. The van der Waals surface area contributed by atoms with Crippen molar-refractivity contribution in [1.29, 1.82) is 0 Å². The Hall–Kier alpha value is -1.48. The van der Waals surface area contributed by atoms with Crippen molar-refractivity contribution in [2.45, 2.75) is 25.4 Å². The van der Waals surface area contributed by atoms with Crippen molar-refractivity contribution in [2.75, 3.05) is 0 Å². The summed E-state index contributed by atoms with van der Waals surface area (Å²) in [5, 5.41) is 10.0. The topological polar surface area (TPSA) is 46.0 Å². The lowest BCUT2D eigenvalue weighted by Crippen LogP contribution is -1.92. The molecule has 2 aromatic rings. The van der Waals surface area contributed by atoms with Crippen LogP contribution in [0.15, 0.2) is 24.4 Å². The van der Waals surface area contributed by atoms with Crippen molar-refractivity contribution in [1.82, 2.24) is 9.97 Å². The number of rotatable bonds is 2. The van der Waals surface area contributed by atoms with Crippen LogP contribution in [-0.4, -0.2) is 15.1 Å². The van der Waals surface area contributed by atoms with E-state index in [1.54, 1.807) is 0 Å². The largest absolute Gasteiger partial charge is 0.390 e. The fraction of sp³-hybridized carbons (Fsp3) is 0.333. The molecule has 0 amide bonds. The average Bonchev–Trinajstić information content (AvgIpc) is 3.11. The summed E-state index contributed by atoms with van der Waals surface area (Å²) in [6, 6.07) is 5.99. The summed E-state index contributed by atoms with van der Waals surface area (Å²) >= 11 is 0. The first-order valence-electron chi connectivity index (χ1n) is 5.23. The van der Waals surface area contributed by atoms with Crippen LogP contribution in [0.1, 0.15) is 30.0 Å². The maximum absolute atomic E-state index is 8.96. The number of aliphatic hydroxyl groups is 1. The third kappa shape index (κ3) is 1.59. The summed E-state index contributed by atoms with van der Waals surface area (Å²) in [4.78, 5) is 8.58. The number of aliphatic hydroxyl groups excluding tert-OH is 1. The van der Waals surface area contributed by atoms with Crippen molar-refractivity contribution < 1.29 is 5.11 Å². The van der Waals surface area contributed by atoms with Crippen molar-refractivity contribution in [3.63, 3.8) is 0 Å². The molecule has 1 aliphatic carbocycles. The number of pyridine rings is 2. The molecule has 0 atom stereocenters. The molecule has 1 N–H and O–H groups in total. The third-order valence-corrected chi connectivity index (χ3v) is 2.83. The summed E-state index contributed by atoms with van der Waals surface area (Å²) in [6.45, 7) is -0.0258. The van der Waals surface area contributed by atoms with E-state index in [1.165, 1.54) is 18.4 Å². The SMILES string of the molecule is OCc1ccc2cc(C3CC3)cnc2n1. The molecule has 2 heterocycles. The normalized spacial score (nSPS) is 15.8. The standard InChI is InChI=1S/C12H12N2O/c15-7-11-4-3-9-5-10(8-1-2-8)6-13-12(9)14-11/h3-6,8,15H,1-2,7H2. The Morgan fingerprint density at radius 2 is 2.20 bits per heavy atom. The van der Waals surface area contributed by atoms with E-state index in [0.717, 1.165) is 17.0 Å². The fourth-order valence-corrected chi connectivity index (χ4v) is 1.79. The van der Waals surface area contributed by atoms with Crippen LogP contribution < -0.4 is 0 Å². The van der Waals surface area contributed by atoms with Crippen LogP contribution in [-0.2, 0) is 6.61 Å². The van der Waals surface area contributed by atoms with E-state index in [2.05, 4.69) is 16.0 Å². The molecule has 2 aromatic heterocycles. The van der Waals surface area contributed by atoms with Crippen LogP contribution in [0.3, 0.4) is 0 Å². The fourth-order valence-electron chi connectivity index (χ4n) is 1.79. The van der Waals surface area contributed by atoms with Gasteiger partial charge in [0.15, 0.2) is 5.65 Å². The van der Waals surface area contributed by atoms with Gasteiger partial charge in [0.1, 0.15) is 0 Å². The van der Waals surface area contributed by atoms with Gasteiger partial charge in [-0.3, -0.25) is 0 Å². The van der Waals surface area contributed by atoms with Crippen molar-refractivity contribution in [2.24, 2.45) is 0 Å². The van der Waals surface area contributed by atoms with Crippen LogP contribution in [0.25, 0.3) is 11.0 Å². The molecule has 3 nitrogen and oxygen atoms in total. The molecular formula is C12H12N2O. The minimum atomic E-state index is -0.0258. The zero-order valence-electron chi connectivity index (χ0n) is 8.35. The first-order valence-corrected chi connectivity index (χ1v) is 5.23. The quantitative estimate of drug-likeness (QED) is 0.806. The van der Waals surface area contributed by atoms with Gasteiger partial charge in [-0.15, -0.1) is 0 Å². The second-order valence-electron chi connectivity index (χ2n) is 4.05. The number of hydrogen-bond acceptors (Lipinski definition) is 3. The van der Waals surface area contributed by atoms with Gasteiger partial charge in [-0.25, -0.2) is 9.97 Å². The Balaban J connectivity index is 2.11. The summed E-state index contributed by atoms with van der Waals surface area (Å²) < 4.78 is 0. The van der Waals surface area contributed by atoms with E-state index in [4.69, 9.17) is 5.11 Å². The number of aromatic nitrogens is 2. The lowest BCUT2D eigenvalue weighted by atomic mass is 10.1. The van der Waals surface area contributed by atoms with Crippen LogP contribution in [0.4, 0.5) is 0 Å². The molecule has 0 saturated heterocycles. The predicted molar refractivity (Wildman–Crippen MR) is 57.4 cm³/mol. The second-order valence-corrected chi connectivity index (χ2v) is 4.05. The third-order valence-electron chi connectivity index (χ3n) is 2.83. The van der Waals surface area contributed by atoms with Gasteiger partial charge in [0, 0.05) is 11.6 Å². The van der Waals surface area contributed by atoms with E-state index < -0.39 is 0 Å². The van der Waals surface area contributed by atoms with E-state index in [9.17, 15) is 0 Å². The zero-order chi connectivity index (χ0) is 10.3. The van der Waals surface area contributed by atoms with E-state index in [-0.39, 0.29) is 6.61 Å². The number of hydrogen-bond donors (Lipinski definition) is 1. The van der Waals surface area contributed by atoms with E-state index in [0.29, 0.717) is 5.69 Å². The second kappa shape index (κ2) is 3.28. The highest BCUT2D eigenvalue weighted by atomic mass is 16.3. The van der Waals surface area contributed by atoms with Crippen LogP contribution in [0.2, 0.25) is 0 Å². The molecule has 0 aromatic carbocycles. The molecule has 0 radical (unpaired) electrons. The Morgan fingerprint density at radius 3 is 2.93 bits per heavy atom. The van der Waals surface area contributed by atoms with Gasteiger partial charge in [-0.2, -0.15) is 0 Å². The summed E-state index contributed by atoms with van der Waals surface area (Å²) in [5.74, 6) is 0.722. The summed E-state index contributed by atoms with van der Waals surface area (Å²) in [5.41, 5.74) is 2.72. The molecule has 0 bridgehead atoms. The molecule has 0 aliphatic heterocycles. The molecule has 76 valence electrons. The van der Waals surface area contributed by atoms with Crippen LogP contribution in [0.5, 0.6) is 0 Å². The van der Waals surface area contributed by atoms with E-state index >= 15 is 0 Å². The molecular weight excluding hydrogens is 188 g/mol. The molecule has 0 spiro atoms. The van der Waals surface area contributed by atoms with Crippen molar-refractivity contribution in [3.05, 3.63) is 35.7 Å². The van der Waals surface area contributed by atoms with Gasteiger partial charge in [0.2, 0.25) is 0 Å². The minimum Gasteiger partial charge on any atom is -0.390 e. The monoisotopic (exact) mass is 200 g/mol. The summed E-state index contributed by atoms with van der Waals surface area (Å²) in [7, 11) is 0. The van der Waals surface area contributed by atoms with Gasteiger partial charge < -0.3 is 5.11 Å². The predicted octanol–water partition coefficient (Wildman–Crippen LogP) is 2.00. The van der Waals surface area contributed by atoms with Crippen molar-refractivity contribution in [3.8, 4) is 0 Å². The Morgan fingerprint density at radius 1 is 1.33 bits per heavy atom. The molecule has 3 rings (SSSR count). The van der Waals surface area contributed by atoms with Crippen molar-refractivity contribution >= 4 is 11.0 Å². The average molecular weight is 200 g/mol. The highest BCUT2D eigenvalue weighted by molar-refractivity contribution is 5.75. The number of nitrogens with zero attached hydrogens (tertiary/aromatic N) is 2. The smallest absolute Gasteiger partial charge is 0.159 e. The Bertz CT molecular complexity index is 506. The van der Waals surface area contributed by atoms with Gasteiger partial charge in [-0.05, 0) is 42.5 Å². The van der Waals surface area contributed by atoms with Gasteiger partial charge in [0.05, 0.1) is 12.3 Å². The molecule has 3 heteroatoms. The lowest BCUT2D eigenvalue weighted by Gasteiger charge is -2.02.